The van der Waals surface area contributed by atoms with Gasteiger partial charge in [0.05, 0.1) is 18.5 Å². The molecule has 4 amide bonds. The van der Waals surface area contributed by atoms with Crippen LogP contribution in [0.25, 0.3) is 5.32 Å². The fraction of sp³-hybridized carbons (Fsp3) is 0.407. The van der Waals surface area contributed by atoms with Gasteiger partial charge in [0.1, 0.15) is 34.3 Å². The Bertz CT molecular complexity index is 2390. The molecule has 0 radical (unpaired) electrons. The molecule has 4 N–H and O–H groups in total. The number of carbonyl (C=O) groups is 5. The number of carboxylic acid groups (broad SMARTS) is 1. The van der Waals surface area contributed by atoms with E-state index in [9.17, 15) is 41.5 Å². The van der Waals surface area contributed by atoms with E-state index in [-0.39, 0.29) is 109 Å². The second-order valence-electron chi connectivity index (χ2n) is 18.5. The predicted molar refractivity (Wildman–Crippen MR) is 273 cm³/mol. The Kier molecular flexibility index (Phi) is 40.1. The third kappa shape index (κ3) is 36.2. The Morgan fingerprint density at radius 3 is 1.60 bits per heavy atom. The van der Waals surface area contributed by atoms with Crippen LogP contribution >= 0.6 is 0 Å². The SMILES string of the molecule is C1CCOC1.CC(C)(C)OC(=O)Nc1cccc(F)c1CC(=O)O.C[CH-]CC.Cc1c(F)cccc1NC(=O)OC(C)(C)C.O=C1Cc2c(F)cccc2N1.O=C=O.[CH2-]c1c(F)cccc1[N-]C(=O)OC(C)(C)C.[Li+].[Li+].[Li+]. The normalized spacial score (nSPS) is 11.4. The van der Waals surface area contributed by atoms with Crippen molar-refractivity contribution < 1.29 is 132 Å². The molecule has 0 atom stereocenters. The predicted octanol–water partition coefficient (Wildman–Crippen LogP) is 4.40. The largest absolute Gasteiger partial charge is 1.00 e. The number of fused-ring (bicyclic) bond motifs is 1. The van der Waals surface area contributed by atoms with Gasteiger partial charge in [-0.05, 0) is 118 Å². The Balaban J connectivity index is -0.000000428. The number of hydrogen-bond acceptors (Lipinski definition) is 11. The summed E-state index contributed by atoms with van der Waals surface area (Å²) in [5.74, 6) is -3.15. The van der Waals surface area contributed by atoms with Gasteiger partial charge >= 0.3 is 80.9 Å². The zero-order valence-electron chi connectivity index (χ0n) is 47.1. The van der Waals surface area contributed by atoms with E-state index in [1.807, 2.05) is 0 Å². The average molecular weight is 1060 g/mol. The van der Waals surface area contributed by atoms with Crippen LogP contribution < -0.4 is 72.5 Å². The number of amides is 4. The Labute approximate surface area is 486 Å². The fourth-order valence-electron chi connectivity index (χ4n) is 5.33. The van der Waals surface area contributed by atoms with Crippen molar-refractivity contribution in [3.8, 4) is 0 Å². The van der Waals surface area contributed by atoms with E-state index in [2.05, 4.69) is 48.5 Å². The van der Waals surface area contributed by atoms with Crippen molar-refractivity contribution in [3.05, 3.63) is 137 Å². The molecule has 0 saturated carbocycles. The fourth-order valence-corrected chi connectivity index (χ4v) is 5.33. The van der Waals surface area contributed by atoms with Crippen LogP contribution in [0.15, 0.2) is 72.8 Å². The monoisotopic (exact) mass is 1060 g/mol. The summed E-state index contributed by atoms with van der Waals surface area (Å²) in [6, 6.07) is 17.3. The van der Waals surface area contributed by atoms with Gasteiger partial charge in [-0.3, -0.25) is 29.4 Å². The summed E-state index contributed by atoms with van der Waals surface area (Å²) < 4.78 is 72.7. The van der Waals surface area contributed by atoms with Crippen molar-refractivity contribution in [2.75, 3.05) is 29.2 Å². The minimum Gasteiger partial charge on any atom is -0.649 e. The number of aliphatic carboxylic acids is 1. The summed E-state index contributed by atoms with van der Waals surface area (Å²) in [7, 11) is 0. The number of carboxylic acids is 1. The van der Waals surface area contributed by atoms with Crippen molar-refractivity contribution in [1.29, 1.82) is 0 Å². The molecular formula is C54H69F4Li3N4O12. The Morgan fingerprint density at radius 1 is 0.727 bits per heavy atom. The molecule has 77 heavy (non-hydrogen) atoms. The molecular weight excluding hydrogens is 993 g/mol. The number of nitrogens with one attached hydrogen (secondary N) is 3. The van der Waals surface area contributed by atoms with Gasteiger partial charge < -0.3 is 41.1 Å². The first-order valence-electron chi connectivity index (χ1n) is 23.1. The van der Waals surface area contributed by atoms with Gasteiger partial charge in [-0.25, -0.2) is 28.4 Å². The number of halogens is 4. The van der Waals surface area contributed by atoms with Gasteiger partial charge in [-0.2, -0.15) is 35.4 Å². The third-order valence-electron chi connectivity index (χ3n) is 8.65. The van der Waals surface area contributed by atoms with Gasteiger partial charge in [0, 0.05) is 47.1 Å². The van der Waals surface area contributed by atoms with Gasteiger partial charge in [0.2, 0.25) is 12.0 Å². The van der Waals surface area contributed by atoms with Crippen molar-refractivity contribution in [3.63, 3.8) is 0 Å². The van der Waals surface area contributed by atoms with E-state index in [0.717, 1.165) is 19.3 Å². The van der Waals surface area contributed by atoms with Crippen molar-refractivity contribution in [1.82, 2.24) is 0 Å². The van der Waals surface area contributed by atoms with Crippen LogP contribution in [-0.2, 0) is 51.0 Å². The molecule has 0 aliphatic carbocycles. The molecule has 0 unspecified atom stereocenters. The number of benzene rings is 4. The topological polar surface area (TPSA) is 227 Å². The number of nitrogens with zero attached hydrogens (tertiary/aromatic N) is 1. The molecule has 4 aromatic carbocycles. The number of hydrogen-bond donors (Lipinski definition) is 4. The number of rotatable bonds is 6. The number of ether oxygens (including phenoxy) is 4. The first-order valence-corrected chi connectivity index (χ1v) is 23.1. The van der Waals surface area contributed by atoms with Crippen LogP contribution in [0.1, 0.15) is 118 Å². The first kappa shape index (κ1) is 77.9. The van der Waals surface area contributed by atoms with Crippen LogP contribution in [0.5, 0.6) is 0 Å². The van der Waals surface area contributed by atoms with Crippen molar-refractivity contribution in [2.45, 2.75) is 132 Å². The van der Waals surface area contributed by atoms with Gasteiger partial charge in [0.25, 0.3) is 0 Å². The van der Waals surface area contributed by atoms with E-state index < -0.39 is 59.1 Å². The number of carbonyl (C=O) groups excluding carboxylic acids is 6. The first-order chi connectivity index (χ1) is 34.4. The molecule has 1 fully saturated rings. The molecule has 0 bridgehead atoms. The zero-order valence-corrected chi connectivity index (χ0v) is 47.1. The van der Waals surface area contributed by atoms with Crippen molar-refractivity contribution in [2.24, 2.45) is 0 Å². The Hall–Kier alpha value is -5.65. The van der Waals surface area contributed by atoms with Gasteiger partial charge in [-0.1, -0.05) is 37.3 Å². The summed E-state index contributed by atoms with van der Waals surface area (Å²) in [6.07, 6.45) is 3.69. The molecule has 2 aliphatic heterocycles. The van der Waals surface area contributed by atoms with Crippen LogP contribution in [0, 0.1) is 43.5 Å². The molecule has 6 rings (SSSR count). The molecule has 2 heterocycles. The van der Waals surface area contributed by atoms with Gasteiger partial charge in [0.15, 0.2) is 0 Å². The molecule has 1 saturated heterocycles. The molecule has 2 aliphatic rings. The van der Waals surface area contributed by atoms with E-state index in [4.69, 9.17) is 33.6 Å². The summed E-state index contributed by atoms with van der Waals surface area (Å²) >= 11 is 0. The van der Waals surface area contributed by atoms with Gasteiger partial charge in [-0.15, -0.1) is 6.07 Å². The maximum absolute atomic E-state index is 13.5. The van der Waals surface area contributed by atoms with Crippen LogP contribution in [0.4, 0.5) is 54.7 Å². The maximum atomic E-state index is 13.5. The third-order valence-corrected chi connectivity index (χ3v) is 8.65. The second-order valence-corrected chi connectivity index (χ2v) is 18.5. The summed E-state index contributed by atoms with van der Waals surface area (Å²) in [5.41, 5.74) is 0.334. The molecule has 16 nitrogen and oxygen atoms in total. The summed E-state index contributed by atoms with van der Waals surface area (Å²) in [5, 5.41) is 19.8. The van der Waals surface area contributed by atoms with E-state index in [1.165, 1.54) is 67.8 Å². The summed E-state index contributed by atoms with van der Waals surface area (Å²) in [6.45, 7) is 26.9. The van der Waals surface area contributed by atoms with E-state index >= 15 is 0 Å². The maximum Gasteiger partial charge on any atom is 1.00 e. The molecule has 0 spiro atoms. The second kappa shape index (κ2) is 39.7. The molecule has 23 heteroatoms. The smallest absolute Gasteiger partial charge is 0.649 e. The van der Waals surface area contributed by atoms with E-state index in [0.29, 0.717) is 22.5 Å². The van der Waals surface area contributed by atoms with Crippen LogP contribution in [-0.4, -0.2) is 71.4 Å². The summed E-state index contributed by atoms with van der Waals surface area (Å²) in [4.78, 5) is 72.1. The standard InChI is InChI=1S/C13H16FNO4.C12H16FNO2.C12H15FNO2.C8H6FNO.C4H8O.C4H9.CO2.3Li/c1-13(2,3)19-12(18)15-10-6-4-5-9(14)8(10)7-11(16)17;2*1-8-9(13)6-5-7-10(8)14-11(15)16-12(2,3)4;9-6-2-1-3-7-5(6)4-8(11)10-7;1-2-4-5-3-1;1-3-4-2;2-1-3;;;/h4-6H,7H2,1-3H3,(H,15,18)(H,16,17);5-7H,1-4H3,(H,14,15);5-7H,1H2,2-4H3,(H,14,15);1-3H,4H2,(H,10,11);1-4H2;3H,4H2,1-2H3;;;;/q;;-1;;;-1;;3*+1/p-1. The number of anilines is 3. The van der Waals surface area contributed by atoms with E-state index in [1.54, 1.807) is 87.4 Å². The molecule has 408 valence electrons. The minimum absolute atomic E-state index is 0. The zero-order chi connectivity index (χ0) is 56.8. The minimum atomic E-state index is -1.18. The van der Waals surface area contributed by atoms with Crippen molar-refractivity contribution >= 4 is 59.1 Å². The quantitative estimate of drug-likeness (QED) is 0.0913. The number of unbranched alkanes of at least 4 members (excludes halogenated alkanes) is 1. The Morgan fingerprint density at radius 2 is 1.16 bits per heavy atom. The average Bonchev–Trinajstić information content (AvgIpc) is 3.99. The molecule has 0 aromatic heterocycles. The van der Waals surface area contributed by atoms with Crippen LogP contribution in [0.2, 0.25) is 0 Å². The van der Waals surface area contributed by atoms with Crippen LogP contribution in [0.3, 0.4) is 0 Å². The molecule has 4 aromatic rings.